The lowest BCUT2D eigenvalue weighted by molar-refractivity contribution is 0.0459. The van der Waals surface area contributed by atoms with Crippen LogP contribution in [0, 0.1) is 11.3 Å². The largest absolute Gasteiger partial charge is 0.506 e. The van der Waals surface area contributed by atoms with Gasteiger partial charge in [0.1, 0.15) is 16.9 Å². The van der Waals surface area contributed by atoms with E-state index in [1.54, 1.807) is 24.3 Å². The molecule has 6 heteroatoms. The number of aromatic hydroxyl groups is 1. The van der Waals surface area contributed by atoms with E-state index in [-0.39, 0.29) is 28.5 Å². The predicted octanol–water partition coefficient (Wildman–Crippen LogP) is 3.73. The molecule has 0 saturated carbocycles. The molecule has 2 aromatic carbocycles. The normalized spacial score (nSPS) is 10.9. The predicted molar refractivity (Wildman–Crippen MR) is 102 cm³/mol. The summed E-state index contributed by atoms with van der Waals surface area (Å²) in [4.78, 5) is 24.2. The number of carbonyl (C=O) groups is 1. The van der Waals surface area contributed by atoms with Gasteiger partial charge in [-0.15, -0.1) is 0 Å². The number of fused-ring (bicyclic) bond motifs is 1. The highest BCUT2D eigenvalue weighted by Crippen LogP contribution is 2.27. The van der Waals surface area contributed by atoms with Crippen molar-refractivity contribution in [3.63, 3.8) is 0 Å². The Morgan fingerprint density at radius 2 is 1.74 bits per heavy atom. The Bertz CT molecular complexity index is 1060. The van der Waals surface area contributed by atoms with Crippen molar-refractivity contribution in [2.75, 3.05) is 6.61 Å². The first-order valence-corrected chi connectivity index (χ1v) is 8.49. The van der Waals surface area contributed by atoms with Crippen molar-refractivity contribution < 1.29 is 19.1 Å². The lowest BCUT2D eigenvalue weighted by atomic mass is 10.0. The highest BCUT2D eigenvalue weighted by Gasteiger charge is 2.19. The molecule has 0 bridgehead atoms. The first kappa shape index (κ1) is 18.4. The van der Waals surface area contributed by atoms with Crippen LogP contribution in [0.2, 0.25) is 0 Å². The Morgan fingerprint density at radius 3 is 2.41 bits per heavy atom. The maximum atomic E-state index is 12.3. The second-order valence-electron chi connectivity index (χ2n) is 6.55. The van der Waals surface area contributed by atoms with Gasteiger partial charge in [-0.1, -0.05) is 38.1 Å². The van der Waals surface area contributed by atoms with Crippen LogP contribution in [-0.4, -0.2) is 23.4 Å². The van der Waals surface area contributed by atoms with E-state index in [9.17, 15) is 14.7 Å². The molecule has 27 heavy (non-hydrogen) atoms. The maximum Gasteiger partial charge on any atom is 0.349 e. The summed E-state index contributed by atoms with van der Waals surface area (Å²) >= 11 is 0. The smallest absolute Gasteiger partial charge is 0.349 e. The zero-order chi connectivity index (χ0) is 19.6. The molecule has 6 nitrogen and oxygen atoms in total. The second-order valence-corrected chi connectivity index (χ2v) is 6.55. The fourth-order valence-corrected chi connectivity index (χ4v) is 2.60. The zero-order valence-electron chi connectivity index (χ0n) is 15.0. The number of ether oxygens (including phenoxy) is 1. The van der Waals surface area contributed by atoms with Crippen LogP contribution in [-0.2, 0) is 4.74 Å². The molecule has 0 fully saturated rings. The molecule has 0 aliphatic rings. The van der Waals surface area contributed by atoms with Crippen molar-refractivity contribution in [3.05, 3.63) is 75.6 Å². The van der Waals surface area contributed by atoms with Gasteiger partial charge in [0.15, 0.2) is 0 Å². The van der Waals surface area contributed by atoms with Crippen LogP contribution in [0.15, 0.2) is 57.7 Å². The lowest BCUT2D eigenvalue weighted by Crippen LogP contribution is -2.16. The third-order valence-electron chi connectivity index (χ3n) is 3.99. The average molecular weight is 365 g/mol. The van der Waals surface area contributed by atoms with Gasteiger partial charge in [-0.05, 0) is 30.2 Å². The average Bonchev–Trinajstić information content (AvgIpc) is 2.66. The molecule has 1 heterocycles. The van der Waals surface area contributed by atoms with Gasteiger partial charge in [-0.2, -0.15) is 0 Å². The Kier molecular flexibility index (Phi) is 5.07. The molecule has 0 aliphatic carbocycles. The Morgan fingerprint density at radius 1 is 1.11 bits per heavy atom. The van der Waals surface area contributed by atoms with Crippen LogP contribution in [0.25, 0.3) is 11.0 Å². The topological polar surface area (TPSA) is 101 Å². The maximum absolute atomic E-state index is 12.3. The molecule has 0 atom stereocenters. The fourth-order valence-electron chi connectivity index (χ4n) is 2.60. The number of hydrogen-bond acceptors (Lipinski definition) is 6. The van der Waals surface area contributed by atoms with Crippen LogP contribution in [0.1, 0.15) is 35.3 Å². The standard InChI is InChI=1S/C21H19NO5/c1-12(2)11-26-20(24)14-9-7-13(8-10-14)18(22)17-19(23)15-5-3-4-6-16(15)27-21(17)25/h3-10,12,22-23H,11H2,1-2H3. The molecule has 2 N–H and O–H groups in total. The van der Waals surface area contributed by atoms with Crippen molar-refractivity contribution in [1.29, 1.82) is 5.41 Å². The summed E-state index contributed by atoms with van der Waals surface area (Å²) in [7, 11) is 0. The van der Waals surface area contributed by atoms with Crippen LogP contribution in [0.3, 0.4) is 0 Å². The van der Waals surface area contributed by atoms with Crippen LogP contribution in [0.4, 0.5) is 0 Å². The number of carbonyl (C=O) groups excluding carboxylic acids is 1. The Hall–Kier alpha value is -3.41. The van der Waals surface area contributed by atoms with Gasteiger partial charge < -0.3 is 14.3 Å². The van der Waals surface area contributed by atoms with Gasteiger partial charge in [0.05, 0.1) is 23.3 Å². The summed E-state index contributed by atoms with van der Waals surface area (Å²) in [6.07, 6.45) is 0. The summed E-state index contributed by atoms with van der Waals surface area (Å²) < 4.78 is 10.4. The minimum absolute atomic E-state index is 0.186. The molecule has 0 unspecified atom stereocenters. The molecule has 0 saturated heterocycles. The molecular formula is C21H19NO5. The van der Waals surface area contributed by atoms with E-state index in [1.165, 1.54) is 24.3 Å². The molecule has 0 aliphatic heterocycles. The van der Waals surface area contributed by atoms with Crippen molar-refractivity contribution in [2.24, 2.45) is 5.92 Å². The van der Waals surface area contributed by atoms with Crippen molar-refractivity contribution in [3.8, 4) is 5.75 Å². The second kappa shape index (κ2) is 7.45. The summed E-state index contributed by atoms with van der Waals surface area (Å²) in [5, 5.41) is 19.1. The number of esters is 1. The summed E-state index contributed by atoms with van der Waals surface area (Å²) in [5.41, 5.74) is -0.232. The summed E-state index contributed by atoms with van der Waals surface area (Å²) in [6.45, 7) is 4.21. The SMILES string of the molecule is CC(C)COC(=O)c1ccc(C(=N)c2c(O)c3ccccc3oc2=O)cc1. The lowest BCUT2D eigenvalue weighted by Gasteiger charge is -2.09. The van der Waals surface area contributed by atoms with Crippen molar-refractivity contribution >= 4 is 22.7 Å². The zero-order valence-corrected chi connectivity index (χ0v) is 15.0. The highest BCUT2D eigenvalue weighted by molar-refractivity contribution is 6.14. The van der Waals surface area contributed by atoms with Gasteiger partial charge in [0.2, 0.25) is 0 Å². The van der Waals surface area contributed by atoms with Crippen LogP contribution < -0.4 is 5.63 Å². The minimum atomic E-state index is -0.795. The first-order chi connectivity index (χ1) is 12.9. The minimum Gasteiger partial charge on any atom is -0.506 e. The molecule has 138 valence electrons. The summed E-state index contributed by atoms with van der Waals surface area (Å²) in [5.74, 6) is -0.515. The molecule has 1 aromatic heterocycles. The molecule has 0 radical (unpaired) electrons. The summed E-state index contributed by atoms with van der Waals surface area (Å²) in [6, 6.07) is 12.7. The number of rotatable bonds is 5. The third-order valence-corrected chi connectivity index (χ3v) is 3.99. The van der Waals surface area contributed by atoms with E-state index in [4.69, 9.17) is 14.6 Å². The van der Waals surface area contributed by atoms with Crippen molar-refractivity contribution in [2.45, 2.75) is 13.8 Å². The van der Waals surface area contributed by atoms with E-state index in [2.05, 4.69) is 0 Å². The number of hydrogen-bond donors (Lipinski definition) is 2. The number of para-hydroxylation sites is 1. The third kappa shape index (κ3) is 3.74. The molecule has 3 aromatic rings. The number of benzene rings is 2. The van der Waals surface area contributed by atoms with Gasteiger partial charge in [0.25, 0.3) is 0 Å². The number of nitrogens with one attached hydrogen (secondary N) is 1. The molecule has 0 amide bonds. The van der Waals surface area contributed by atoms with E-state index < -0.39 is 11.6 Å². The molecule has 3 rings (SSSR count). The van der Waals surface area contributed by atoms with Crippen LogP contribution >= 0.6 is 0 Å². The van der Waals surface area contributed by atoms with Gasteiger partial charge >= 0.3 is 11.6 Å². The monoisotopic (exact) mass is 365 g/mol. The van der Waals surface area contributed by atoms with E-state index >= 15 is 0 Å². The molecule has 0 spiro atoms. The van der Waals surface area contributed by atoms with E-state index in [0.29, 0.717) is 23.1 Å². The van der Waals surface area contributed by atoms with Gasteiger partial charge in [-0.3, -0.25) is 5.41 Å². The fraction of sp³-hybridized carbons (Fsp3) is 0.190. The quantitative estimate of drug-likeness (QED) is 0.408. The van der Waals surface area contributed by atoms with Gasteiger partial charge in [0, 0.05) is 5.56 Å². The Labute approximate surface area is 155 Å². The van der Waals surface area contributed by atoms with E-state index in [1.807, 2.05) is 13.8 Å². The first-order valence-electron chi connectivity index (χ1n) is 8.49. The van der Waals surface area contributed by atoms with Crippen molar-refractivity contribution in [1.82, 2.24) is 0 Å². The van der Waals surface area contributed by atoms with Gasteiger partial charge in [-0.25, -0.2) is 9.59 Å². The Balaban J connectivity index is 1.92. The molecular weight excluding hydrogens is 346 g/mol. The van der Waals surface area contributed by atoms with Crippen LogP contribution in [0.5, 0.6) is 5.75 Å². The van der Waals surface area contributed by atoms with E-state index in [0.717, 1.165) is 0 Å². The highest BCUT2D eigenvalue weighted by atomic mass is 16.5.